The first-order chi connectivity index (χ1) is 14.0. The Bertz CT molecular complexity index is 1120. The molecule has 2 aromatic heterocycles. The summed E-state index contributed by atoms with van der Waals surface area (Å²) in [6.45, 7) is -0.720. The zero-order valence-corrected chi connectivity index (χ0v) is 15.5. The largest absolute Gasteiger partial charge is 0.369 e. The van der Waals surface area contributed by atoms with Crippen molar-refractivity contribution in [1.29, 1.82) is 0 Å². The first-order valence-corrected chi connectivity index (χ1v) is 8.83. The van der Waals surface area contributed by atoms with Crippen LogP contribution in [0.3, 0.4) is 0 Å². The number of guanidine groups is 1. The maximum atomic E-state index is 14.2. The maximum absolute atomic E-state index is 14.2. The molecule has 0 spiro atoms. The highest BCUT2D eigenvalue weighted by atomic mass is 19.1. The van der Waals surface area contributed by atoms with Crippen molar-refractivity contribution >= 4 is 11.9 Å². The van der Waals surface area contributed by atoms with Gasteiger partial charge in [-0.1, -0.05) is 24.3 Å². The number of aliphatic imine (C=N–C) groups is 1. The number of aromatic nitrogens is 2. The number of alkyl halides is 1. The van der Waals surface area contributed by atoms with Crippen LogP contribution in [0.4, 0.5) is 8.78 Å². The van der Waals surface area contributed by atoms with Crippen LogP contribution in [0.2, 0.25) is 0 Å². The average molecular weight is 393 g/mol. The van der Waals surface area contributed by atoms with Crippen molar-refractivity contribution in [2.75, 3.05) is 7.05 Å². The molecule has 2 N–H and O–H groups in total. The van der Waals surface area contributed by atoms with Gasteiger partial charge in [-0.2, -0.15) is 4.39 Å². The molecule has 4 rings (SSSR count). The highest BCUT2D eigenvalue weighted by Crippen LogP contribution is 2.40. The lowest BCUT2D eigenvalue weighted by Crippen LogP contribution is -2.41. The molecule has 1 amide bonds. The minimum Gasteiger partial charge on any atom is -0.369 e. The van der Waals surface area contributed by atoms with Crippen LogP contribution in [-0.4, -0.2) is 33.8 Å². The normalized spacial score (nSPS) is 18.8. The molecule has 0 fully saturated rings. The summed E-state index contributed by atoms with van der Waals surface area (Å²) in [5, 5.41) is 0. The molecule has 1 aliphatic rings. The topological polar surface area (TPSA) is 84.5 Å². The number of carbonyl (C=O) groups is 1. The molecule has 8 heteroatoms. The molecule has 146 valence electrons. The zero-order valence-electron chi connectivity index (χ0n) is 15.5. The molecular formula is C21H17F2N5O. The van der Waals surface area contributed by atoms with Crippen molar-refractivity contribution in [3.05, 3.63) is 83.7 Å². The van der Waals surface area contributed by atoms with E-state index in [-0.39, 0.29) is 17.6 Å². The van der Waals surface area contributed by atoms with E-state index in [1.807, 2.05) is 0 Å². The van der Waals surface area contributed by atoms with Crippen molar-refractivity contribution in [1.82, 2.24) is 14.9 Å². The Morgan fingerprint density at radius 2 is 1.93 bits per heavy atom. The smallest absolute Gasteiger partial charge is 0.266 e. The van der Waals surface area contributed by atoms with Crippen molar-refractivity contribution in [2.45, 2.75) is 12.2 Å². The second-order valence-electron chi connectivity index (χ2n) is 6.64. The number of carbonyl (C=O) groups excluding carboxylic acids is 1. The molecule has 0 radical (unpaired) electrons. The fourth-order valence-electron chi connectivity index (χ4n) is 3.41. The number of halogens is 2. The van der Waals surface area contributed by atoms with Crippen LogP contribution in [-0.2, 0) is 17.0 Å². The number of hydrogen-bond donors (Lipinski definition) is 1. The molecule has 1 atom stereocenters. The first-order valence-electron chi connectivity index (χ1n) is 8.83. The van der Waals surface area contributed by atoms with Crippen LogP contribution in [0.1, 0.15) is 16.8 Å². The second kappa shape index (κ2) is 7.05. The summed E-state index contributed by atoms with van der Waals surface area (Å²) < 4.78 is 27.1. The SMILES string of the molecule is CN1C(=O)C(c2ccc(CF)nc2)(c2cccc(-c3cccnc3F)c2)N=C1N. The molecule has 6 nitrogen and oxygen atoms in total. The van der Waals surface area contributed by atoms with Gasteiger partial charge in [0.25, 0.3) is 5.91 Å². The Morgan fingerprint density at radius 3 is 2.55 bits per heavy atom. The van der Waals surface area contributed by atoms with E-state index < -0.39 is 18.2 Å². The summed E-state index contributed by atoms with van der Waals surface area (Å²) in [4.78, 5) is 26.7. The number of benzene rings is 1. The van der Waals surface area contributed by atoms with Gasteiger partial charge in [0.05, 0.1) is 5.69 Å². The van der Waals surface area contributed by atoms with Crippen LogP contribution in [0.15, 0.2) is 65.9 Å². The molecule has 1 unspecified atom stereocenters. The van der Waals surface area contributed by atoms with E-state index in [9.17, 15) is 13.6 Å². The number of nitrogens with zero attached hydrogens (tertiary/aromatic N) is 4. The highest BCUT2D eigenvalue weighted by Gasteiger charge is 2.49. The Balaban J connectivity index is 1.93. The molecule has 0 saturated heterocycles. The summed E-state index contributed by atoms with van der Waals surface area (Å²) in [5.41, 5.74) is 6.47. The minimum absolute atomic E-state index is 0.0440. The standard InChI is InChI=1S/C21H17F2N5O/c1-28-19(29)21(27-20(28)24,15-7-8-16(11-22)26-12-15)14-5-2-4-13(10-14)17-6-3-9-25-18(17)23/h2-10,12H,11H2,1H3,(H2,24,27). The van der Waals surface area contributed by atoms with E-state index in [0.717, 1.165) is 0 Å². The van der Waals surface area contributed by atoms with Gasteiger partial charge in [0, 0.05) is 30.6 Å². The third-order valence-electron chi connectivity index (χ3n) is 4.97. The number of amides is 1. The Kier molecular flexibility index (Phi) is 4.54. The molecule has 3 aromatic rings. The number of nitrogens with two attached hydrogens (primary N) is 1. The van der Waals surface area contributed by atoms with Crippen LogP contribution in [0.5, 0.6) is 0 Å². The number of pyridine rings is 2. The average Bonchev–Trinajstić information content (AvgIpc) is 2.99. The van der Waals surface area contributed by atoms with Gasteiger partial charge in [0.1, 0.15) is 6.67 Å². The molecule has 1 aliphatic heterocycles. The lowest BCUT2D eigenvalue weighted by molar-refractivity contribution is -0.129. The quantitative estimate of drug-likeness (QED) is 0.691. The van der Waals surface area contributed by atoms with Crippen LogP contribution >= 0.6 is 0 Å². The van der Waals surface area contributed by atoms with Gasteiger partial charge in [0.2, 0.25) is 5.95 Å². The fourth-order valence-corrected chi connectivity index (χ4v) is 3.41. The molecule has 0 bridgehead atoms. The monoisotopic (exact) mass is 393 g/mol. The predicted molar refractivity (Wildman–Crippen MR) is 104 cm³/mol. The molecule has 1 aromatic carbocycles. The maximum Gasteiger partial charge on any atom is 0.266 e. The van der Waals surface area contributed by atoms with Crippen molar-refractivity contribution in [2.24, 2.45) is 10.7 Å². The lowest BCUT2D eigenvalue weighted by atomic mass is 9.82. The summed E-state index contributed by atoms with van der Waals surface area (Å²) in [6.07, 6.45) is 2.78. The van der Waals surface area contributed by atoms with E-state index in [4.69, 9.17) is 5.73 Å². The molecule has 0 aliphatic carbocycles. The van der Waals surface area contributed by atoms with E-state index in [0.29, 0.717) is 22.3 Å². The van der Waals surface area contributed by atoms with E-state index in [1.54, 1.807) is 42.5 Å². The van der Waals surface area contributed by atoms with Gasteiger partial charge in [-0.15, -0.1) is 0 Å². The van der Waals surface area contributed by atoms with E-state index in [2.05, 4.69) is 15.0 Å². The molecule has 3 heterocycles. The third kappa shape index (κ3) is 2.93. The zero-order chi connectivity index (χ0) is 20.6. The van der Waals surface area contributed by atoms with Gasteiger partial charge >= 0.3 is 0 Å². The van der Waals surface area contributed by atoms with Gasteiger partial charge in [-0.25, -0.2) is 14.4 Å². The number of rotatable bonds is 4. The van der Waals surface area contributed by atoms with Crippen LogP contribution < -0.4 is 5.73 Å². The second-order valence-corrected chi connectivity index (χ2v) is 6.64. The van der Waals surface area contributed by atoms with Crippen molar-refractivity contribution in [3.63, 3.8) is 0 Å². The highest BCUT2D eigenvalue weighted by molar-refractivity contribution is 6.09. The van der Waals surface area contributed by atoms with Gasteiger partial charge in [0.15, 0.2) is 11.5 Å². The van der Waals surface area contributed by atoms with Crippen molar-refractivity contribution < 1.29 is 13.6 Å². The first kappa shape index (κ1) is 18.7. The minimum atomic E-state index is -1.49. The van der Waals surface area contributed by atoms with Crippen LogP contribution in [0.25, 0.3) is 11.1 Å². The summed E-state index contributed by atoms with van der Waals surface area (Å²) in [7, 11) is 1.52. The van der Waals surface area contributed by atoms with Gasteiger partial charge in [-0.3, -0.25) is 14.7 Å². The summed E-state index contributed by atoms with van der Waals surface area (Å²) in [5.74, 6) is -0.957. The van der Waals surface area contributed by atoms with Crippen LogP contribution in [0, 0.1) is 5.95 Å². The number of likely N-dealkylation sites (N-methyl/N-ethyl adjacent to an activating group) is 1. The summed E-state index contributed by atoms with van der Waals surface area (Å²) >= 11 is 0. The molecular weight excluding hydrogens is 376 g/mol. The van der Waals surface area contributed by atoms with E-state index in [1.165, 1.54) is 30.4 Å². The molecule has 29 heavy (non-hydrogen) atoms. The molecule has 0 saturated carbocycles. The Hall–Kier alpha value is -3.68. The fraction of sp³-hybridized carbons (Fsp3) is 0.143. The lowest BCUT2D eigenvalue weighted by Gasteiger charge is -2.26. The Morgan fingerprint density at radius 1 is 1.10 bits per heavy atom. The van der Waals surface area contributed by atoms with E-state index >= 15 is 0 Å². The summed E-state index contributed by atoms with van der Waals surface area (Å²) in [6, 6.07) is 13.2. The third-order valence-corrected chi connectivity index (χ3v) is 4.97. The van der Waals surface area contributed by atoms with Gasteiger partial charge < -0.3 is 5.73 Å². The predicted octanol–water partition coefficient (Wildman–Crippen LogP) is 2.78. The van der Waals surface area contributed by atoms with Gasteiger partial charge in [-0.05, 0) is 35.4 Å². The van der Waals surface area contributed by atoms with Crippen molar-refractivity contribution in [3.8, 4) is 11.1 Å². The number of hydrogen-bond acceptors (Lipinski definition) is 5. The Labute approximate surface area is 165 Å².